The molecule has 142 valence electrons. The normalized spacial score (nSPS) is 14.8. The summed E-state index contributed by atoms with van der Waals surface area (Å²) in [4.78, 5) is 28.9. The molecule has 4 rings (SSSR count). The maximum Gasteiger partial charge on any atom is 0.280 e. The highest BCUT2D eigenvalue weighted by Gasteiger charge is 2.40. The standard InChI is InChI=1S/C21H18ClN3O2S/c22-16-4-1-3-14(13-16)18(26)24-17-7-5-15(6-8-17)21(9-2-10-21)25-19(27)20-23-11-12-28-20/h1,3-8,11-13H,2,9-10H2,(H,24,26)(H,25,27). The predicted octanol–water partition coefficient (Wildman–Crippen LogP) is 4.86. The summed E-state index contributed by atoms with van der Waals surface area (Å²) in [6.07, 6.45) is 4.46. The molecule has 0 saturated heterocycles. The second kappa shape index (κ2) is 7.73. The lowest BCUT2D eigenvalue weighted by atomic mass is 9.71. The van der Waals surface area contributed by atoms with Crippen LogP contribution in [0, 0.1) is 0 Å². The molecule has 0 atom stereocenters. The van der Waals surface area contributed by atoms with Crippen molar-refractivity contribution in [2.45, 2.75) is 24.8 Å². The Morgan fingerprint density at radius 1 is 1.07 bits per heavy atom. The molecular weight excluding hydrogens is 394 g/mol. The van der Waals surface area contributed by atoms with E-state index in [1.54, 1.807) is 35.8 Å². The molecule has 0 unspecified atom stereocenters. The fourth-order valence-corrected chi connectivity index (χ4v) is 4.05. The van der Waals surface area contributed by atoms with Crippen molar-refractivity contribution in [2.24, 2.45) is 0 Å². The van der Waals surface area contributed by atoms with Crippen LogP contribution in [-0.4, -0.2) is 16.8 Å². The highest BCUT2D eigenvalue weighted by atomic mass is 35.5. The van der Waals surface area contributed by atoms with Gasteiger partial charge in [0.2, 0.25) is 0 Å². The molecule has 28 heavy (non-hydrogen) atoms. The molecule has 1 aliphatic carbocycles. The average molecular weight is 412 g/mol. The van der Waals surface area contributed by atoms with E-state index in [0.29, 0.717) is 21.3 Å². The molecule has 0 radical (unpaired) electrons. The van der Waals surface area contributed by atoms with Crippen LogP contribution < -0.4 is 10.6 Å². The molecule has 1 fully saturated rings. The van der Waals surface area contributed by atoms with Crippen LogP contribution in [-0.2, 0) is 5.54 Å². The third kappa shape index (κ3) is 3.79. The van der Waals surface area contributed by atoms with Crippen molar-refractivity contribution >= 4 is 40.4 Å². The third-order valence-corrected chi connectivity index (χ3v) is 5.98. The van der Waals surface area contributed by atoms with Gasteiger partial charge in [0.25, 0.3) is 11.8 Å². The number of rotatable bonds is 5. The van der Waals surface area contributed by atoms with Crippen molar-refractivity contribution in [2.75, 3.05) is 5.32 Å². The van der Waals surface area contributed by atoms with E-state index in [0.717, 1.165) is 24.8 Å². The van der Waals surface area contributed by atoms with E-state index in [9.17, 15) is 9.59 Å². The van der Waals surface area contributed by atoms with E-state index in [4.69, 9.17) is 11.6 Å². The lowest BCUT2D eigenvalue weighted by Gasteiger charge is -2.43. The number of benzene rings is 2. The van der Waals surface area contributed by atoms with E-state index in [2.05, 4.69) is 15.6 Å². The summed E-state index contributed by atoms with van der Waals surface area (Å²) in [6.45, 7) is 0. The number of hydrogen-bond acceptors (Lipinski definition) is 4. The fourth-order valence-electron chi connectivity index (χ4n) is 3.33. The van der Waals surface area contributed by atoms with Crippen LogP contribution in [0.15, 0.2) is 60.1 Å². The number of anilines is 1. The van der Waals surface area contributed by atoms with Crippen molar-refractivity contribution in [1.82, 2.24) is 10.3 Å². The highest BCUT2D eigenvalue weighted by Crippen LogP contribution is 2.41. The molecule has 7 heteroatoms. The monoisotopic (exact) mass is 411 g/mol. The van der Waals surface area contributed by atoms with E-state index in [1.165, 1.54) is 11.3 Å². The van der Waals surface area contributed by atoms with Gasteiger partial charge in [-0.1, -0.05) is 29.8 Å². The number of aromatic nitrogens is 1. The molecule has 0 bridgehead atoms. The van der Waals surface area contributed by atoms with Gasteiger partial charge in [0.1, 0.15) is 0 Å². The van der Waals surface area contributed by atoms with Gasteiger partial charge in [-0.05, 0) is 55.2 Å². The Hall–Kier alpha value is -2.70. The van der Waals surface area contributed by atoms with Gasteiger partial charge in [0.05, 0.1) is 5.54 Å². The van der Waals surface area contributed by atoms with Crippen LogP contribution in [0.3, 0.4) is 0 Å². The molecule has 2 N–H and O–H groups in total. The molecule has 5 nitrogen and oxygen atoms in total. The number of carbonyl (C=O) groups is 2. The zero-order valence-corrected chi connectivity index (χ0v) is 16.5. The number of nitrogens with zero attached hydrogens (tertiary/aromatic N) is 1. The lowest BCUT2D eigenvalue weighted by molar-refractivity contribution is 0.0823. The zero-order valence-electron chi connectivity index (χ0n) is 14.9. The predicted molar refractivity (Wildman–Crippen MR) is 111 cm³/mol. The molecule has 1 aliphatic rings. The van der Waals surface area contributed by atoms with Crippen LogP contribution in [0.4, 0.5) is 5.69 Å². The van der Waals surface area contributed by atoms with Crippen molar-refractivity contribution in [3.8, 4) is 0 Å². The molecule has 3 aromatic rings. The Morgan fingerprint density at radius 2 is 1.86 bits per heavy atom. The van der Waals surface area contributed by atoms with Gasteiger partial charge in [-0.3, -0.25) is 9.59 Å². The molecule has 0 aliphatic heterocycles. The van der Waals surface area contributed by atoms with Gasteiger partial charge in [-0.15, -0.1) is 11.3 Å². The number of thiazole rings is 1. The van der Waals surface area contributed by atoms with Crippen molar-refractivity contribution in [3.63, 3.8) is 0 Å². The maximum absolute atomic E-state index is 12.5. The summed E-state index contributed by atoms with van der Waals surface area (Å²) in [5.74, 6) is -0.362. The lowest BCUT2D eigenvalue weighted by Crippen LogP contribution is -2.50. The van der Waals surface area contributed by atoms with Crippen LogP contribution in [0.5, 0.6) is 0 Å². The Bertz CT molecular complexity index is 999. The third-order valence-electron chi connectivity index (χ3n) is 4.97. The molecule has 1 aromatic heterocycles. The molecule has 1 saturated carbocycles. The Kier molecular flexibility index (Phi) is 5.15. The van der Waals surface area contributed by atoms with Gasteiger partial charge in [0, 0.05) is 27.9 Å². The number of amides is 2. The van der Waals surface area contributed by atoms with Crippen LogP contribution >= 0.6 is 22.9 Å². The van der Waals surface area contributed by atoms with Crippen LogP contribution in [0.2, 0.25) is 5.02 Å². The summed E-state index contributed by atoms with van der Waals surface area (Å²) >= 11 is 7.28. The smallest absolute Gasteiger partial charge is 0.280 e. The molecule has 2 aromatic carbocycles. The molecular formula is C21H18ClN3O2S. The molecule has 0 spiro atoms. The zero-order chi connectivity index (χ0) is 19.6. The quantitative estimate of drug-likeness (QED) is 0.629. The van der Waals surface area contributed by atoms with Gasteiger partial charge in [-0.25, -0.2) is 4.98 Å². The maximum atomic E-state index is 12.5. The van der Waals surface area contributed by atoms with Crippen molar-refractivity contribution in [1.29, 1.82) is 0 Å². The van der Waals surface area contributed by atoms with Gasteiger partial charge >= 0.3 is 0 Å². The minimum absolute atomic E-state index is 0.145. The highest BCUT2D eigenvalue weighted by molar-refractivity contribution is 7.11. The summed E-state index contributed by atoms with van der Waals surface area (Å²) < 4.78 is 0. The first-order valence-corrected chi connectivity index (χ1v) is 10.2. The SMILES string of the molecule is O=C(Nc1ccc(C2(NC(=O)c3nccs3)CCC2)cc1)c1cccc(Cl)c1. The van der Waals surface area contributed by atoms with Gasteiger partial charge in [-0.2, -0.15) is 0 Å². The Labute approximate surface area is 171 Å². The topological polar surface area (TPSA) is 71.1 Å². The van der Waals surface area contributed by atoms with E-state index >= 15 is 0 Å². The summed E-state index contributed by atoms with van der Waals surface area (Å²) in [5, 5.41) is 8.80. The average Bonchev–Trinajstić information content (AvgIpc) is 3.20. The van der Waals surface area contributed by atoms with E-state index < -0.39 is 0 Å². The molecule has 2 amide bonds. The molecule has 1 heterocycles. The number of halogens is 1. The van der Waals surface area contributed by atoms with Crippen LogP contribution in [0.1, 0.15) is 45.0 Å². The number of hydrogen-bond donors (Lipinski definition) is 2. The summed E-state index contributed by atoms with van der Waals surface area (Å²) in [6, 6.07) is 14.4. The summed E-state index contributed by atoms with van der Waals surface area (Å²) in [7, 11) is 0. The number of carbonyl (C=O) groups excluding carboxylic acids is 2. The number of nitrogens with one attached hydrogen (secondary N) is 2. The minimum Gasteiger partial charge on any atom is -0.340 e. The van der Waals surface area contributed by atoms with E-state index in [-0.39, 0.29) is 17.4 Å². The van der Waals surface area contributed by atoms with E-state index in [1.807, 2.05) is 24.3 Å². The van der Waals surface area contributed by atoms with Crippen LogP contribution in [0.25, 0.3) is 0 Å². The Balaban J connectivity index is 1.47. The fraction of sp³-hybridized carbons (Fsp3) is 0.190. The second-order valence-corrected chi connectivity index (χ2v) is 8.10. The minimum atomic E-state index is -0.363. The first kappa shape index (κ1) is 18.7. The van der Waals surface area contributed by atoms with Crippen molar-refractivity contribution in [3.05, 3.63) is 81.3 Å². The van der Waals surface area contributed by atoms with Gasteiger partial charge in [0.15, 0.2) is 5.01 Å². The summed E-state index contributed by atoms with van der Waals surface area (Å²) in [5.41, 5.74) is 1.86. The van der Waals surface area contributed by atoms with Crippen molar-refractivity contribution < 1.29 is 9.59 Å². The Morgan fingerprint density at radius 3 is 2.46 bits per heavy atom. The second-order valence-electron chi connectivity index (χ2n) is 6.77. The first-order valence-electron chi connectivity index (χ1n) is 8.95. The van der Waals surface area contributed by atoms with Gasteiger partial charge < -0.3 is 10.6 Å². The largest absolute Gasteiger partial charge is 0.340 e. The first-order chi connectivity index (χ1) is 13.6.